The van der Waals surface area contributed by atoms with Crippen LogP contribution >= 0.6 is 0 Å². The van der Waals surface area contributed by atoms with Crippen LogP contribution in [0.4, 0.5) is 18.9 Å². The van der Waals surface area contributed by atoms with Crippen LogP contribution in [0.2, 0.25) is 0 Å². The average Bonchev–Trinajstić information content (AvgIpc) is 2.75. The van der Waals surface area contributed by atoms with Gasteiger partial charge < -0.3 is 10.2 Å². The Labute approximate surface area is 120 Å². The van der Waals surface area contributed by atoms with E-state index in [1.807, 2.05) is 0 Å². The molecule has 0 bridgehead atoms. The fourth-order valence-corrected chi connectivity index (χ4v) is 3.14. The molecule has 1 aromatic heterocycles. The van der Waals surface area contributed by atoms with E-state index in [1.165, 1.54) is 6.07 Å². The number of amides is 1. The molecule has 0 aliphatic carbocycles. The zero-order valence-corrected chi connectivity index (χ0v) is 11.4. The first-order valence-electron chi connectivity index (χ1n) is 6.94. The molecule has 0 radical (unpaired) electrons. The van der Waals surface area contributed by atoms with E-state index in [-0.39, 0.29) is 11.3 Å². The Hall–Kier alpha value is -1.63. The van der Waals surface area contributed by atoms with Crippen molar-refractivity contribution in [1.82, 2.24) is 10.3 Å². The van der Waals surface area contributed by atoms with Gasteiger partial charge in [-0.25, -0.2) is 4.98 Å². The van der Waals surface area contributed by atoms with Gasteiger partial charge in [0.05, 0.1) is 11.9 Å². The number of anilines is 1. The summed E-state index contributed by atoms with van der Waals surface area (Å²) >= 11 is 0. The molecule has 2 aliphatic heterocycles. The normalized spacial score (nSPS) is 22.0. The number of pyridine rings is 1. The molecule has 1 spiro atoms. The van der Waals surface area contributed by atoms with Gasteiger partial charge in [0, 0.05) is 13.0 Å². The van der Waals surface area contributed by atoms with Crippen LogP contribution in [0.3, 0.4) is 0 Å². The molecule has 2 fully saturated rings. The quantitative estimate of drug-likeness (QED) is 0.865. The molecular weight excluding hydrogens is 283 g/mol. The summed E-state index contributed by atoms with van der Waals surface area (Å²) in [6.45, 7) is 2.33. The smallest absolute Gasteiger partial charge is 0.317 e. The Bertz CT molecular complexity index is 535. The number of aromatic nitrogens is 1. The highest BCUT2D eigenvalue weighted by Gasteiger charge is 2.44. The van der Waals surface area contributed by atoms with E-state index in [4.69, 9.17) is 0 Å². The zero-order valence-electron chi connectivity index (χ0n) is 11.4. The van der Waals surface area contributed by atoms with Gasteiger partial charge in [0.15, 0.2) is 0 Å². The molecule has 3 rings (SSSR count). The summed E-state index contributed by atoms with van der Waals surface area (Å²) in [6, 6.07) is 2.25. The zero-order chi connectivity index (χ0) is 15.1. The van der Waals surface area contributed by atoms with Crippen LogP contribution in [0.1, 0.15) is 25.0 Å². The molecule has 1 amide bonds. The van der Waals surface area contributed by atoms with Gasteiger partial charge in [-0.2, -0.15) is 13.2 Å². The van der Waals surface area contributed by atoms with Crippen LogP contribution in [-0.4, -0.2) is 30.5 Å². The number of piperidine rings is 1. The molecule has 2 aliphatic rings. The van der Waals surface area contributed by atoms with E-state index in [2.05, 4.69) is 10.3 Å². The molecule has 114 valence electrons. The highest BCUT2D eigenvalue weighted by Crippen LogP contribution is 2.41. The minimum absolute atomic E-state index is 0.0292. The summed E-state index contributed by atoms with van der Waals surface area (Å²) < 4.78 is 37.5. The number of nitrogens with zero attached hydrogens (tertiary/aromatic N) is 2. The van der Waals surface area contributed by atoms with Gasteiger partial charge in [0.25, 0.3) is 0 Å². The van der Waals surface area contributed by atoms with Crippen LogP contribution in [0.25, 0.3) is 0 Å². The summed E-state index contributed by atoms with van der Waals surface area (Å²) in [7, 11) is 0. The Morgan fingerprint density at radius 2 is 1.95 bits per heavy atom. The minimum atomic E-state index is -4.45. The Morgan fingerprint density at radius 3 is 2.52 bits per heavy atom. The summed E-state index contributed by atoms with van der Waals surface area (Å²) in [6.07, 6.45) is -1.01. The van der Waals surface area contributed by atoms with Crippen LogP contribution < -0.4 is 10.2 Å². The number of hydrogen-bond acceptors (Lipinski definition) is 3. The summed E-state index contributed by atoms with van der Waals surface area (Å²) in [5.41, 5.74) is -0.525. The van der Waals surface area contributed by atoms with Crippen molar-refractivity contribution < 1.29 is 18.0 Å². The lowest BCUT2D eigenvalue weighted by atomic mass is 9.78. The largest absolute Gasteiger partial charge is 0.433 e. The highest BCUT2D eigenvalue weighted by molar-refractivity contribution is 5.96. The number of hydrogen-bond donors (Lipinski definition) is 1. The third kappa shape index (κ3) is 2.74. The van der Waals surface area contributed by atoms with Crippen molar-refractivity contribution in [2.75, 3.05) is 24.5 Å². The second-order valence-corrected chi connectivity index (χ2v) is 5.81. The van der Waals surface area contributed by atoms with Crippen molar-refractivity contribution in [3.05, 3.63) is 24.0 Å². The molecule has 7 heteroatoms. The summed E-state index contributed by atoms with van der Waals surface area (Å²) in [5, 5.41) is 3.26. The van der Waals surface area contributed by atoms with Gasteiger partial charge in [-0.1, -0.05) is 0 Å². The maximum Gasteiger partial charge on any atom is 0.433 e. The fraction of sp³-hybridized carbons (Fsp3) is 0.571. The SMILES string of the molecule is O=C1CC2(CCNCC2)CN1c1ccc(C(F)(F)F)nc1. The van der Waals surface area contributed by atoms with E-state index in [0.717, 1.165) is 38.2 Å². The second kappa shape index (κ2) is 4.98. The average molecular weight is 299 g/mol. The van der Waals surface area contributed by atoms with Crippen molar-refractivity contribution in [2.45, 2.75) is 25.4 Å². The number of rotatable bonds is 1. The summed E-state index contributed by atoms with van der Waals surface area (Å²) in [4.78, 5) is 17.2. The number of nitrogens with one attached hydrogen (secondary N) is 1. The predicted octanol–water partition coefficient (Wildman–Crippen LogP) is 2.21. The number of carbonyl (C=O) groups is 1. The van der Waals surface area contributed by atoms with Crippen LogP contribution in [0.5, 0.6) is 0 Å². The fourth-order valence-electron chi connectivity index (χ4n) is 3.14. The molecule has 21 heavy (non-hydrogen) atoms. The first-order valence-corrected chi connectivity index (χ1v) is 6.94. The van der Waals surface area contributed by atoms with Crippen molar-refractivity contribution >= 4 is 11.6 Å². The molecule has 3 heterocycles. The third-order valence-electron chi connectivity index (χ3n) is 4.33. The predicted molar refractivity (Wildman–Crippen MR) is 70.7 cm³/mol. The molecular formula is C14H16F3N3O. The van der Waals surface area contributed by atoms with Crippen LogP contribution in [0, 0.1) is 5.41 Å². The highest BCUT2D eigenvalue weighted by atomic mass is 19.4. The number of halogens is 3. The van der Waals surface area contributed by atoms with Crippen molar-refractivity contribution in [3.63, 3.8) is 0 Å². The number of carbonyl (C=O) groups excluding carboxylic acids is 1. The van der Waals surface area contributed by atoms with Crippen molar-refractivity contribution in [1.29, 1.82) is 0 Å². The topological polar surface area (TPSA) is 45.2 Å². The Morgan fingerprint density at radius 1 is 1.24 bits per heavy atom. The lowest BCUT2D eigenvalue weighted by Gasteiger charge is -2.33. The maximum absolute atomic E-state index is 12.5. The van der Waals surface area contributed by atoms with Gasteiger partial charge in [0.2, 0.25) is 5.91 Å². The van der Waals surface area contributed by atoms with Gasteiger partial charge in [0.1, 0.15) is 5.69 Å². The van der Waals surface area contributed by atoms with Crippen LogP contribution in [0.15, 0.2) is 18.3 Å². The Kier molecular flexibility index (Phi) is 3.39. The first kappa shape index (κ1) is 14.3. The monoisotopic (exact) mass is 299 g/mol. The molecule has 0 atom stereocenters. The van der Waals surface area contributed by atoms with E-state index >= 15 is 0 Å². The third-order valence-corrected chi connectivity index (χ3v) is 4.33. The second-order valence-electron chi connectivity index (χ2n) is 5.81. The molecule has 0 unspecified atom stereocenters. The Balaban J connectivity index is 1.79. The van der Waals surface area contributed by atoms with E-state index in [0.29, 0.717) is 18.7 Å². The molecule has 0 aromatic carbocycles. The lowest BCUT2D eigenvalue weighted by Crippen LogP contribution is -2.38. The van der Waals surface area contributed by atoms with Gasteiger partial charge in [-0.05, 0) is 43.5 Å². The standard InChI is InChI=1S/C14H16F3N3O/c15-14(16,17)11-2-1-10(8-19-11)20-9-13(7-12(20)21)3-5-18-6-4-13/h1-2,8,18H,3-7,9H2. The summed E-state index contributed by atoms with van der Waals surface area (Å²) in [5.74, 6) is -0.0292. The van der Waals surface area contributed by atoms with Gasteiger partial charge in [-0.15, -0.1) is 0 Å². The maximum atomic E-state index is 12.5. The van der Waals surface area contributed by atoms with Gasteiger partial charge in [-0.3, -0.25) is 4.79 Å². The molecule has 2 saturated heterocycles. The van der Waals surface area contributed by atoms with E-state index < -0.39 is 11.9 Å². The lowest BCUT2D eigenvalue weighted by molar-refractivity contribution is -0.141. The molecule has 1 N–H and O–H groups in total. The molecule has 1 aromatic rings. The molecule has 4 nitrogen and oxygen atoms in total. The van der Waals surface area contributed by atoms with E-state index in [1.54, 1.807) is 4.90 Å². The van der Waals surface area contributed by atoms with Crippen LogP contribution in [-0.2, 0) is 11.0 Å². The van der Waals surface area contributed by atoms with Gasteiger partial charge >= 0.3 is 6.18 Å². The van der Waals surface area contributed by atoms with Crippen molar-refractivity contribution in [3.8, 4) is 0 Å². The van der Waals surface area contributed by atoms with E-state index in [9.17, 15) is 18.0 Å². The minimum Gasteiger partial charge on any atom is -0.317 e. The first-order chi connectivity index (χ1) is 9.90. The number of alkyl halides is 3. The van der Waals surface area contributed by atoms with Crippen molar-refractivity contribution in [2.24, 2.45) is 5.41 Å². The molecule has 0 saturated carbocycles.